The highest BCUT2D eigenvalue weighted by Crippen LogP contribution is 2.53. The quantitative estimate of drug-likeness (QED) is 0.0278. The maximum atomic E-state index is 14.2. The maximum Gasteiger partial charge on any atom is 0.252 e. The fraction of sp³-hybridized carbons (Fsp3) is 0.484. The highest BCUT2D eigenvalue weighted by Gasteiger charge is 2.55. The SMILES string of the molecule is COc1cccc2c1C(=O)c1c(O)c3c(c(O)c1C2=O)CC(O)(C(=O)NCC(=O)NCCOCCOCCOCCOCCC(=O)NCCC(=O)N1Cc2ccccc2C#Cc2ccccc21)CC3OC1CC2C(OC3C(OC)OCCN23)C(C)O1. The fourth-order valence-electron chi connectivity index (χ4n) is 11.8. The minimum Gasteiger partial charge on any atom is -0.507 e. The van der Waals surface area contributed by atoms with Gasteiger partial charge >= 0.3 is 0 Å². The molecule has 0 spiro atoms. The van der Waals surface area contributed by atoms with Gasteiger partial charge in [0.2, 0.25) is 23.5 Å². The number of ether oxygens (including phenoxy) is 10. The van der Waals surface area contributed by atoms with Gasteiger partial charge in [-0.1, -0.05) is 54.3 Å². The second kappa shape index (κ2) is 28.0. The van der Waals surface area contributed by atoms with Crippen molar-refractivity contribution < 1.29 is 91.5 Å². The molecule has 4 heterocycles. The first-order valence-electron chi connectivity index (χ1n) is 28.8. The Morgan fingerprint density at radius 2 is 1.43 bits per heavy atom. The normalized spacial score (nSPS) is 23.5. The molecule has 4 aromatic carbocycles. The standard InChI is InChI=1S/C62H71N5O19/c1-36-58-43(66-21-24-83-60(78-3)59(66)86-58)31-49(84-36)85-45-33-62(76,32-41-51(45)57(74)53-52(55(41)72)54(71)40-12-8-14-44(77-2)50(40)56(53)73)61(75)65-34-47(69)64-20-23-80-26-28-82-30-29-81-27-25-79-22-18-46(68)63-19-17-48(70)67-35-39-11-5-4-9-37(39)15-16-38-10-6-7-13-42(38)67/h4-14,36,43,45,49,58-60,72,74,76H,17-35H2,1-3H3,(H,63,68)(H,64,69)(H,65,75). The van der Waals surface area contributed by atoms with Crippen LogP contribution in [0.1, 0.15) is 98.4 Å². The largest absolute Gasteiger partial charge is 0.507 e. The molecule has 2 aliphatic carbocycles. The molecule has 4 aliphatic heterocycles. The summed E-state index contributed by atoms with van der Waals surface area (Å²) in [6, 6.07) is 19.4. The predicted molar refractivity (Wildman–Crippen MR) is 303 cm³/mol. The Hall–Kier alpha value is -7.38. The molecule has 8 atom stereocenters. The molecule has 3 saturated heterocycles. The fourth-order valence-corrected chi connectivity index (χ4v) is 11.8. The Labute approximate surface area is 496 Å². The summed E-state index contributed by atoms with van der Waals surface area (Å²) in [6.07, 6.45) is -5.24. The highest BCUT2D eigenvalue weighted by molar-refractivity contribution is 6.31. The van der Waals surface area contributed by atoms with Gasteiger partial charge in [-0.05, 0) is 36.8 Å². The number of aromatic hydroxyl groups is 2. The molecule has 6 N–H and O–H groups in total. The Kier molecular flexibility index (Phi) is 20.1. The summed E-state index contributed by atoms with van der Waals surface area (Å²) < 4.78 is 58.2. The summed E-state index contributed by atoms with van der Waals surface area (Å²) in [7, 11) is 2.86. The number of morpholine rings is 1. The van der Waals surface area contributed by atoms with Crippen LogP contribution in [0, 0.1) is 11.8 Å². The van der Waals surface area contributed by atoms with Crippen LogP contribution in [0.25, 0.3) is 0 Å². The first kappa shape index (κ1) is 61.7. The van der Waals surface area contributed by atoms with Crippen molar-refractivity contribution in [2.45, 2.75) is 94.3 Å². The number of methoxy groups -OCH3 is 2. The lowest BCUT2D eigenvalue weighted by molar-refractivity contribution is -0.256. The van der Waals surface area contributed by atoms with Crippen molar-refractivity contribution in [3.63, 3.8) is 0 Å². The number of amides is 4. The van der Waals surface area contributed by atoms with Crippen molar-refractivity contribution in [2.75, 3.05) is 105 Å². The van der Waals surface area contributed by atoms with Crippen LogP contribution in [-0.2, 0) is 74.8 Å². The van der Waals surface area contributed by atoms with E-state index < -0.39 is 108 Å². The van der Waals surface area contributed by atoms with Crippen molar-refractivity contribution in [1.29, 1.82) is 0 Å². The first-order chi connectivity index (χ1) is 41.7. The number of ketones is 2. The zero-order chi connectivity index (χ0) is 60.5. The number of phenolic OH excluding ortho intramolecular Hbond substituents is 2. The summed E-state index contributed by atoms with van der Waals surface area (Å²) >= 11 is 0. The number of nitrogens with one attached hydrogen (secondary N) is 3. The van der Waals surface area contributed by atoms with Gasteiger partial charge in [-0.2, -0.15) is 0 Å². The van der Waals surface area contributed by atoms with E-state index in [1.165, 1.54) is 32.4 Å². The molecule has 10 rings (SSSR count). The topological polar surface area (TPSA) is 298 Å². The van der Waals surface area contributed by atoms with Crippen molar-refractivity contribution in [3.8, 4) is 29.1 Å². The number of anilines is 1. The number of nitrogens with zero attached hydrogens (tertiary/aromatic N) is 2. The van der Waals surface area contributed by atoms with E-state index in [0.29, 0.717) is 26.3 Å². The zero-order valence-corrected chi connectivity index (χ0v) is 48.1. The molecule has 0 radical (unpaired) electrons. The lowest BCUT2D eigenvalue weighted by atomic mass is 9.72. The molecule has 0 bridgehead atoms. The lowest BCUT2D eigenvalue weighted by Crippen LogP contribution is -2.55. The second-order valence-corrected chi connectivity index (χ2v) is 21.4. The Morgan fingerprint density at radius 3 is 2.19 bits per heavy atom. The van der Waals surface area contributed by atoms with Crippen LogP contribution < -0.4 is 25.6 Å². The third-order valence-corrected chi connectivity index (χ3v) is 16.0. The molecule has 4 amide bonds. The number of hydrogen-bond acceptors (Lipinski definition) is 20. The molecule has 0 aromatic heterocycles. The van der Waals surface area contributed by atoms with E-state index in [4.69, 9.17) is 47.4 Å². The van der Waals surface area contributed by atoms with Crippen molar-refractivity contribution in [1.82, 2.24) is 20.9 Å². The average Bonchev–Trinajstić information content (AvgIpc) is 0.971. The number of phenols is 2. The molecule has 6 aliphatic rings. The summed E-state index contributed by atoms with van der Waals surface area (Å²) in [5.74, 6) is 1.53. The van der Waals surface area contributed by atoms with Gasteiger partial charge in [-0.3, -0.25) is 33.7 Å². The van der Waals surface area contributed by atoms with Gasteiger partial charge in [-0.25, -0.2) is 0 Å². The van der Waals surface area contributed by atoms with E-state index in [-0.39, 0.29) is 124 Å². The van der Waals surface area contributed by atoms with Crippen LogP contribution in [-0.4, -0.2) is 198 Å². The van der Waals surface area contributed by atoms with Crippen LogP contribution in [0.4, 0.5) is 5.69 Å². The summed E-state index contributed by atoms with van der Waals surface area (Å²) in [5, 5.41) is 44.3. The van der Waals surface area contributed by atoms with Crippen molar-refractivity contribution in [3.05, 3.63) is 117 Å². The van der Waals surface area contributed by atoms with Crippen molar-refractivity contribution in [2.24, 2.45) is 0 Å². The van der Waals surface area contributed by atoms with Gasteiger partial charge in [0.15, 0.2) is 24.6 Å². The smallest absolute Gasteiger partial charge is 0.252 e. The third-order valence-electron chi connectivity index (χ3n) is 16.0. The van der Waals surface area contributed by atoms with E-state index in [1.54, 1.807) is 4.90 Å². The molecule has 0 saturated carbocycles. The molecule has 458 valence electrons. The highest BCUT2D eigenvalue weighted by atomic mass is 16.7. The van der Waals surface area contributed by atoms with E-state index >= 15 is 0 Å². The predicted octanol–water partition coefficient (Wildman–Crippen LogP) is 2.29. The Bertz CT molecular complexity index is 3260. The molecular weight excluding hydrogens is 1120 g/mol. The molecule has 4 aromatic rings. The van der Waals surface area contributed by atoms with Gasteiger partial charge in [-0.15, -0.1) is 0 Å². The second-order valence-electron chi connectivity index (χ2n) is 21.4. The lowest BCUT2D eigenvalue weighted by Gasteiger charge is -2.43. The average molecular weight is 1190 g/mol. The number of hydrogen-bond donors (Lipinski definition) is 6. The van der Waals surface area contributed by atoms with Crippen LogP contribution in [0.3, 0.4) is 0 Å². The summed E-state index contributed by atoms with van der Waals surface area (Å²) in [4.78, 5) is 85.1. The maximum absolute atomic E-state index is 14.2. The summed E-state index contributed by atoms with van der Waals surface area (Å²) in [6.45, 7) is 4.70. The van der Waals surface area contributed by atoms with Crippen LogP contribution >= 0.6 is 0 Å². The molecular formula is C62H71N5O19. The number of benzene rings is 4. The Balaban J connectivity index is 0.627. The van der Waals surface area contributed by atoms with Gasteiger partial charge in [0.1, 0.15) is 29.0 Å². The zero-order valence-electron chi connectivity index (χ0n) is 48.1. The van der Waals surface area contributed by atoms with E-state index in [1.807, 2.05) is 55.5 Å². The summed E-state index contributed by atoms with van der Waals surface area (Å²) in [5.41, 5.74) is -0.559. The molecule has 8 unspecified atom stereocenters. The molecule has 24 heteroatoms. The monoisotopic (exact) mass is 1190 g/mol. The molecule has 24 nitrogen and oxygen atoms in total. The number of aliphatic hydroxyl groups is 1. The Morgan fingerprint density at radius 1 is 0.744 bits per heavy atom. The number of para-hydroxylation sites is 1. The van der Waals surface area contributed by atoms with Crippen LogP contribution in [0.5, 0.6) is 17.2 Å². The minimum atomic E-state index is -2.39. The molecule has 86 heavy (non-hydrogen) atoms. The number of rotatable bonds is 25. The number of carbonyl (C=O) groups excluding carboxylic acids is 6. The number of fused-ring (bicyclic) bond motifs is 8. The van der Waals surface area contributed by atoms with E-state index in [2.05, 4.69) is 32.7 Å². The van der Waals surface area contributed by atoms with Gasteiger partial charge in [0.05, 0.1) is 114 Å². The van der Waals surface area contributed by atoms with Crippen molar-refractivity contribution >= 4 is 40.9 Å². The van der Waals surface area contributed by atoms with Gasteiger partial charge < -0.3 is 83.5 Å². The first-order valence-corrected chi connectivity index (χ1v) is 28.8. The van der Waals surface area contributed by atoms with Gasteiger partial charge in [0, 0.05) is 92.7 Å². The van der Waals surface area contributed by atoms with E-state index in [9.17, 15) is 44.1 Å². The molecule has 3 fully saturated rings. The number of carbonyl (C=O) groups is 6. The van der Waals surface area contributed by atoms with E-state index in [0.717, 1.165) is 22.4 Å². The van der Waals surface area contributed by atoms with Gasteiger partial charge in [0.25, 0.3) is 5.91 Å². The minimum absolute atomic E-state index is 0.0778. The third kappa shape index (κ3) is 13.4. The van der Waals surface area contributed by atoms with Crippen LogP contribution in [0.2, 0.25) is 0 Å². The van der Waals surface area contributed by atoms with Crippen LogP contribution in [0.15, 0.2) is 66.7 Å².